The van der Waals surface area contributed by atoms with Gasteiger partial charge in [0.1, 0.15) is 23.6 Å². The number of anilines is 2. The predicted molar refractivity (Wildman–Crippen MR) is 148 cm³/mol. The number of ether oxygens (including phenoxy) is 1. The average molecular weight is 544 g/mol. The largest absolute Gasteiger partial charge is 0.458 e. The Morgan fingerprint density at radius 3 is 2.79 bits per heavy atom. The van der Waals surface area contributed by atoms with E-state index >= 15 is 0 Å². The van der Waals surface area contributed by atoms with Crippen LogP contribution in [0, 0.1) is 0 Å². The van der Waals surface area contributed by atoms with E-state index in [1.54, 1.807) is 20.8 Å². The molecule has 0 radical (unpaired) electrons. The van der Waals surface area contributed by atoms with Crippen LogP contribution in [0.25, 0.3) is 0 Å². The average Bonchev–Trinajstić information content (AvgIpc) is 2.89. The van der Waals surface area contributed by atoms with E-state index < -0.39 is 28.9 Å². The lowest BCUT2D eigenvalue weighted by molar-refractivity contribution is -0.154. The van der Waals surface area contributed by atoms with Crippen molar-refractivity contribution in [3.05, 3.63) is 35.3 Å². The molecule has 2 aromatic rings. The summed E-state index contributed by atoms with van der Waals surface area (Å²) in [5.74, 6) is 1.96. The Balaban J connectivity index is 1.48. The summed E-state index contributed by atoms with van der Waals surface area (Å²) in [5, 5.41) is 3.43. The van der Waals surface area contributed by atoms with E-state index in [0.29, 0.717) is 18.2 Å². The zero-order valence-corrected chi connectivity index (χ0v) is 23.3. The highest BCUT2D eigenvalue weighted by Gasteiger charge is 2.27. The number of aryl methyl sites for hydroxylation is 1. The van der Waals surface area contributed by atoms with E-state index in [2.05, 4.69) is 42.0 Å². The van der Waals surface area contributed by atoms with Crippen molar-refractivity contribution < 1.29 is 18.3 Å². The van der Waals surface area contributed by atoms with Gasteiger partial charge >= 0.3 is 5.97 Å². The molecule has 0 aliphatic carbocycles. The van der Waals surface area contributed by atoms with Crippen LogP contribution in [0.1, 0.15) is 69.7 Å². The van der Waals surface area contributed by atoms with Gasteiger partial charge < -0.3 is 15.0 Å². The standard InChI is InChI=1S/C26H37N7O4S/c1-5-19-23(28-15-21(32-38(35)36)25(34)37-26(2,3)4)29-16-30-24(19)33-13-10-17(11-14-33)20-9-8-18-7-6-12-27-22(18)31-20/h8-9,15-17,21,32H,5-7,10-14H2,1-4H3,(H,27,31)(H,35,36)/t21-/m1/s1. The van der Waals surface area contributed by atoms with Gasteiger partial charge in [0, 0.05) is 43.0 Å². The van der Waals surface area contributed by atoms with E-state index in [1.807, 2.05) is 6.92 Å². The number of aromatic nitrogens is 3. The second-order valence-corrected chi connectivity index (χ2v) is 11.3. The fourth-order valence-electron chi connectivity index (χ4n) is 4.81. The van der Waals surface area contributed by atoms with Crippen molar-refractivity contribution in [2.24, 2.45) is 4.99 Å². The van der Waals surface area contributed by atoms with Crippen LogP contribution < -0.4 is 14.9 Å². The Labute approximate surface area is 226 Å². The van der Waals surface area contributed by atoms with Gasteiger partial charge in [-0.1, -0.05) is 13.0 Å². The van der Waals surface area contributed by atoms with Gasteiger partial charge in [-0.05, 0) is 64.5 Å². The number of nitrogens with zero attached hydrogens (tertiary/aromatic N) is 5. The minimum Gasteiger partial charge on any atom is -0.458 e. The maximum Gasteiger partial charge on any atom is 0.330 e. The maximum atomic E-state index is 12.5. The van der Waals surface area contributed by atoms with Crippen LogP contribution in [0.3, 0.4) is 0 Å². The number of hydrogen-bond donors (Lipinski definition) is 3. The molecule has 2 aromatic heterocycles. The van der Waals surface area contributed by atoms with Crippen LogP contribution in [-0.4, -0.2) is 67.2 Å². The third kappa shape index (κ3) is 7.12. The first kappa shape index (κ1) is 28.1. The summed E-state index contributed by atoms with van der Waals surface area (Å²) >= 11 is -2.43. The van der Waals surface area contributed by atoms with Gasteiger partial charge in [0.15, 0.2) is 11.9 Å². The van der Waals surface area contributed by atoms with E-state index in [9.17, 15) is 13.6 Å². The van der Waals surface area contributed by atoms with E-state index in [4.69, 9.17) is 9.72 Å². The van der Waals surface area contributed by atoms with Gasteiger partial charge in [-0.3, -0.25) is 4.55 Å². The molecule has 2 aliphatic rings. The molecule has 4 rings (SSSR count). The molecule has 4 heterocycles. The smallest absolute Gasteiger partial charge is 0.330 e. The monoisotopic (exact) mass is 543 g/mol. The lowest BCUT2D eigenvalue weighted by Gasteiger charge is -2.34. The number of nitrogens with one attached hydrogen (secondary N) is 2. The summed E-state index contributed by atoms with van der Waals surface area (Å²) < 4.78 is 28.3. The van der Waals surface area contributed by atoms with Gasteiger partial charge in [-0.15, -0.1) is 0 Å². The number of hydrogen-bond acceptors (Lipinski definition) is 9. The van der Waals surface area contributed by atoms with Gasteiger partial charge in [-0.2, -0.15) is 4.72 Å². The summed E-state index contributed by atoms with van der Waals surface area (Å²) in [7, 11) is 0. The van der Waals surface area contributed by atoms with E-state index in [0.717, 1.165) is 68.2 Å². The van der Waals surface area contributed by atoms with Gasteiger partial charge in [-0.25, -0.2) is 28.9 Å². The molecule has 2 aliphatic heterocycles. The fourth-order valence-corrected chi connectivity index (χ4v) is 5.18. The Bertz CT molecular complexity index is 1190. The molecule has 2 atom stereocenters. The molecule has 1 fully saturated rings. The number of piperidine rings is 1. The van der Waals surface area contributed by atoms with Crippen molar-refractivity contribution in [1.29, 1.82) is 0 Å². The SMILES string of the molecule is CCc1c(N=C[C@@H](NS(=O)O)C(=O)OC(C)(C)C)ncnc1N1CCC(c2ccc3c(n2)NCCC3)CC1. The molecule has 0 bridgehead atoms. The highest BCUT2D eigenvalue weighted by atomic mass is 32.2. The second-order valence-electron chi connectivity index (χ2n) is 10.5. The summed E-state index contributed by atoms with van der Waals surface area (Å²) in [5.41, 5.74) is 2.54. The van der Waals surface area contributed by atoms with E-state index in [-0.39, 0.29) is 0 Å². The summed E-state index contributed by atoms with van der Waals surface area (Å²) in [6, 6.07) is 3.18. The predicted octanol–water partition coefficient (Wildman–Crippen LogP) is 3.32. The normalized spacial score (nSPS) is 18.1. The molecular weight excluding hydrogens is 506 g/mol. The summed E-state index contributed by atoms with van der Waals surface area (Å²) in [6.45, 7) is 9.82. The summed E-state index contributed by atoms with van der Waals surface area (Å²) in [4.78, 5) is 33.0. The molecule has 1 unspecified atom stereocenters. The molecule has 3 N–H and O–H groups in total. The molecule has 12 heteroatoms. The Morgan fingerprint density at radius 2 is 2.11 bits per heavy atom. The fraction of sp³-hybridized carbons (Fsp3) is 0.577. The van der Waals surface area contributed by atoms with Crippen molar-refractivity contribution >= 4 is 40.9 Å². The molecular formula is C26H37N7O4S. The van der Waals surface area contributed by atoms with E-state index in [1.165, 1.54) is 18.1 Å². The molecule has 0 aromatic carbocycles. The third-order valence-corrected chi connectivity index (χ3v) is 7.07. The third-order valence-electron chi connectivity index (χ3n) is 6.62. The lowest BCUT2D eigenvalue weighted by atomic mass is 9.92. The van der Waals surface area contributed by atoms with Crippen LogP contribution in [0.2, 0.25) is 0 Å². The molecule has 0 amide bonds. The Kier molecular flexibility index (Phi) is 9.06. The van der Waals surface area contributed by atoms with Crippen LogP contribution in [0.5, 0.6) is 0 Å². The topological polar surface area (TPSA) is 142 Å². The molecule has 1 saturated heterocycles. The Hall–Kier alpha value is -2.96. The number of carbonyl (C=O) groups is 1. The molecule has 206 valence electrons. The van der Waals surface area contributed by atoms with Crippen molar-refractivity contribution in [2.45, 2.75) is 77.4 Å². The van der Waals surface area contributed by atoms with Crippen molar-refractivity contribution in [1.82, 2.24) is 19.7 Å². The minimum atomic E-state index is -2.43. The zero-order valence-electron chi connectivity index (χ0n) is 22.4. The number of pyridine rings is 1. The first-order chi connectivity index (χ1) is 18.1. The number of fused-ring (bicyclic) bond motifs is 1. The highest BCUT2D eigenvalue weighted by Crippen LogP contribution is 2.34. The van der Waals surface area contributed by atoms with Gasteiger partial charge in [0.2, 0.25) is 11.3 Å². The van der Waals surface area contributed by atoms with Gasteiger partial charge in [0.25, 0.3) is 0 Å². The molecule has 11 nitrogen and oxygen atoms in total. The lowest BCUT2D eigenvalue weighted by Crippen LogP contribution is -2.43. The van der Waals surface area contributed by atoms with Crippen molar-refractivity contribution in [2.75, 3.05) is 29.9 Å². The van der Waals surface area contributed by atoms with Crippen molar-refractivity contribution in [3.8, 4) is 0 Å². The van der Waals surface area contributed by atoms with Gasteiger partial charge in [0.05, 0.1) is 0 Å². The number of carbonyl (C=O) groups excluding carboxylic acids is 1. The number of rotatable bonds is 8. The van der Waals surface area contributed by atoms with Crippen LogP contribution >= 0.6 is 0 Å². The first-order valence-electron chi connectivity index (χ1n) is 13.1. The first-order valence-corrected chi connectivity index (χ1v) is 14.2. The highest BCUT2D eigenvalue weighted by molar-refractivity contribution is 7.77. The van der Waals surface area contributed by atoms with Crippen LogP contribution in [0.15, 0.2) is 23.5 Å². The molecule has 0 spiro atoms. The quantitative estimate of drug-likeness (QED) is 0.260. The second kappa shape index (κ2) is 12.3. The minimum absolute atomic E-state index is 0.393. The maximum absolute atomic E-state index is 12.5. The molecule has 0 saturated carbocycles. The molecule has 38 heavy (non-hydrogen) atoms. The zero-order chi connectivity index (χ0) is 27.3. The summed E-state index contributed by atoms with van der Waals surface area (Å²) in [6.07, 6.45) is 7.51. The van der Waals surface area contributed by atoms with Crippen LogP contribution in [-0.2, 0) is 33.6 Å². The Morgan fingerprint density at radius 1 is 1.34 bits per heavy atom. The number of aliphatic imine (C=N–C) groups is 1. The van der Waals surface area contributed by atoms with Crippen LogP contribution in [0.4, 0.5) is 17.5 Å². The van der Waals surface area contributed by atoms with Crippen molar-refractivity contribution in [3.63, 3.8) is 0 Å². The number of esters is 1.